The molecule has 0 N–H and O–H groups in total. The maximum absolute atomic E-state index is 6.27. The standard InChI is InChI=1S/C45H33N4O/c1-3-49-27-13-19-29-23-24-38(42(50-2)41(29)49)40-33-20-11-10-18-32(33)28-39-34-21-12-22-37(35(34)25-26-36(39)40)45-47-43(30-14-6-4-7-15-30)46-44(48-45)31-16-8-5-9-17-31/h4-28H,3H2,1-2H3/q+1. The van der Waals surface area contributed by atoms with E-state index < -0.39 is 0 Å². The van der Waals surface area contributed by atoms with Crippen molar-refractivity contribution in [3.63, 3.8) is 0 Å². The Kier molecular flexibility index (Phi) is 7.24. The van der Waals surface area contributed by atoms with Crippen LogP contribution < -0.4 is 9.30 Å². The van der Waals surface area contributed by atoms with Gasteiger partial charge in [0.2, 0.25) is 0 Å². The first-order valence-electron chi connectivity index (χ1n) is 17.0. The second-order valence-corrected chi connectivity index (χ2v) is 12.5. The summed E-state index contributed by atoms with van der Waals surface area (Å²) >= 11 is 0. The first kappa shape index (κ1) is 29.7. The second kappa shape index (κ2) is 12.2. The molecule has 0 spiro atoms. The largest absolute Gasteiger partial charge is 0.490 e. The summed E-state index contributed by atoms with van der Waals surface area (Å²) in [4.78, 5) is 15.1. The number of fused-ring (bicyclic) bond motifs is 5. The average Bonchev–Trinajstić information content (AvgIpc) is 3.19. The number of benzene rings is 7. The minimum Gasteiger partial charge on any atom is -0.490 e. The third-order valence-electron chi connectivity index (χ3n) is 9.65. The molecule has 0 fully saturated rings. The number of hydrogen-bond acceptors (Lipinski definition) is 4. The minimum atomic E-state index is 0.643. The number of aromatic nitrogens is 4. The molecular weight excluding hydrogens is 613 g/mol. The van der Waals surface area contributed by atoms with Crippen molar-refractivity contribution in [1.82, 2.24) is 15.0 Å². The molecule has 0 unspecified atom stereocenters. The Labute approximate surface area is 290 Å². The molecule has 5 nitrogen and oxygen atoms in total. The maximum Gasteiger partial charge on any atom is 0.255 e. The molecule has 0 bridgehead atoms. The van der Waals surface area contributed by atoms with E-state index in [1.165, 1.54) is 10.8 Å². The van der Waals surface area contributed by atoms with E-state index in [4.69, 9.17) is 19.7 Å². The molecule has 7 aromatic carbocycles. The van der Waals surface area contributed by atoms with Crippen LogP contribution in [0.1, 0.15) is 6.92 Å². The van der Waals surface area contributed by atoms with Gasteiger partial charge in [0, 0.05) is 33.9 Å². The molecule has 238 valence electrons. The highest BCUT2D eigenvalue weighted by molar-refractivity contribution is 6.22. The van der Waals surface area contributed by atoms with Crippen molar-refractivity contribution in [3.8, 4) is 51.0 Å². The van der Waals surface area contributed by atoms with Gasteiger partial charge >= 0.3 is 0 Å². The van der Waals surface area contributed by atoms with Gasteiger partial charge in [-0.25, -0.2) is 15.0 Å². The lowest BCUT2D eigenvalue weighted by atomic mass is 9.88. The lowest BCUT2D eigenvalue weighted by molar-refractivity contribution is -0.668. The number of aryl methyl sites for hydroxylation is 1. The first-order chi connectivity index (χ1) is 24.7. The van der Waals surface area contributed by atoms with E-state index in [1.807, 2.05) is 60.7 Å². The topological polar surface area (TPSA) is 51.8 Å². The van der Waals surface area contributed by atoms with Crippen molar-refractivity contribution >= 4 is 43.2 Å². The zero-order valence-corrected chi connectivity index (χ0v) is 27.8. The van der Waals surface area contributed by atoms with Crippen LogP contribution in [0.5, 0.6) is 5.75 Å². The van der Waals surface area contributed by atoms with E-state index in [2.05, 4.69) is 103 Å². The lowest BCUT2D eigenvalue weighted by Crippen LogP contribution is -2.32. The van der Waals surface area contributed by atoms with Gasteiger partial charge in [-0.3, -0.25) is 0 Å². The van der Waals surface area contributed by atoms with Crippen molar-refractivity contribution in [2.45, 2.75) is 13.5 Å². The van der Waals surface area contributed by atoms with Crippen LogP contribution in [0.25, 0.3) is 88.5 Å². The van der Waals surface area contributed by atoms with E-state index in [0.29, 0.717) is 17.5 Å². The van der Waals surface area contributed by atoms with Gasteiger partial charge in [0.15, 0.2) is 29.4 Å². The Morgan fingerprint density at radius 2 is 1.14 bits per heavy atom. The van der Waals surface area contributed by atoms with Gasteiger partial charge in [0.25, 0.3) is 5.52 Å². The molecule has 9 rings (SSSR count). The molecule has 5 heteroatoms. The van der Waals surface area contributed by atoms with Crippen LogP contribution >= 0.6 is 0 Å². The Morgan fingerprint density at radius 1 is 0.500 bits per heavy atom. The molecule has 2 heterocycles. The van der Waals surface area contributed by atoms with Gasteiger partial charge in [-0.1, -0.05) is 115 Å². The summed E-state index contributed by atoms with van der Waals surface area (Å²) in [6.07, 6.45) is 2.12. The predicted octanol–water partition coefficient (Wildman–Crippen LogP) is 10.5. The fourth-order valence-electron chi connectivity index (χ4n) is 7.33. The summed E-state index contributed by atoms with van der Waals surface area (Å²) in [6, 6.07) is 50.8. The number of hydrogen-bond donors (Lipinski definition) is 0. The van der Waals surface area contributed by atoms with Gasteiger partial charge in [-0.2, -0.15) is 4.57 Å². The van der Waals surface area contributed by atoms with Crippen molar-refractivity contribution in [2.75, 3.05) is 7.11 Å². The molecule has 0 saturated heterocycles. The van der Waals surface area contributed by atoms with Crippen LogP contribution in [0.15, 0.2) is 152 Å². The SMILES string of the molecule is CC[n+]1cccc2ccc(-c3c4ccccc4cc4c3ccc3c(-c5nc(-c6ccccc6)nc(-c6ccccc6)n5)cccc34)c(OC)c21. The molecule has 0 aliphatic carbocycles. The summed E-state index contributed by atoms with van der Waals surface area (Å²) in [5.41, 5.74) is 6.19. The lowest BCUT2D eigenvalue weighted by Gasteiger charge is -2.17. The van der Waals surface area contributed by atoms with Gasteiger partial charge in [0.1, 0.15) is 6.54 Å². The van der Waals surface area contributed by atoms with E-state index in [0.717, 1.165) is 72.6 Å². The van der Waals surface area contributed by atoms with Crippen molar-refractivity contribution in [2.24, 2.45) is 0 Å². The molecule has 50 heavy (non-hydrogen) atoms. The Bertz CT molecular complexity index is 2670. The second-order valence-electron chi connectivity index (χ2n) is 12.5. The van der Waals surface area contributed by atoms with E-state index in [1.54, 1.807) is 7.11 Å². The number of pyridine rings is 1. The van der Waals surface area contributed by atoms with Gasteiger partial charge in [0.05, 0.1) is 12.5 Å². The number of nitrogens with zero attached hydrogens (tertiary/aromatic N) is 4. The van der Waals surface area contributed by atoms with E-state index in [-0.39, 0.29) is 0 Å². The highest BCUT2D eigenvalue weighted by atomic mass is 16.5. The minimum absolute atomic E-state index is 0.643. The molecule has 0 atom stereocenters. The summed E-state index contributed by atoms with van der Waals surface area (Å²) in [5, 5.41) is 8.05. The van der Waals surface area contributed by atoms with Crippen molar-refractivity contribution < 1.29 is 9.30 Å². The van der Waals surface area contributed by atoms with Crippen LogP contribution in [0.3, 0.4) is 0 Å². The normalized spacial score (nSPS) is 11.5. The number of methoxy groups -OCH3 is 1. The fourth-order valence-corrected chi connectivity index (χ4v) is 7.33. The third-order valence-corrected chi connectivity index (χ3v) is 9.65. The number of ether oxygens (including phenoxy) is 1. The van der Waals surface area contributed by atoms with Gasteiger partial charge in [-0.05, 0) is 63.5 Å². The molecule has 0 radical (unpaired) electrons. The van der Waals surface area contributed by atoms with Gasteiger partial charge in [-0.15, -0.1) is 0 Å². The summed E-state index contributed by atoms with van der Waals surface area (Å²) in [7, 11) is 1.78. The summed E-state index contributed by atoms with van der Waals surface area (Å²) in [5.74, 6) is 2.81. The van der Waals surface area contributed by atoms with Crippen LogP contribution in [0.4, 0.5) is 0 Å². The third kappa shape index (κ3) is 4.86. The van der Waals surface area contributed by atoms with Gasteiger partial charge < -0.3 is 4.74 Å². The highest BCUT2D eigenvalue weighted by Gasteiger charge is 2.23. The molecule has 0 aliphatic heterocycles. The molecular formula is C45H33N4O+. The van der Waals surface area contributed by atoms with Crippen LogP contribution in [-0.4, -0.2) is 22.1 Å². The van der Waals surface area contributed by atoms with Crippen LogP contribution in [-0.2, 0) is 6.54 Å². The van der Waals surface area contributed by atoms with Crippen LogP contribution in [0.2, 0.25) is 0 Å². The van der Waals surface area contributed by atoms with Crippen molar-refractivity contribution in [1.29, 1.82) is 0 Å². The Balaban J connectivity index is 1.33. The van der Waals surface area contributed by atoms with E-state index >= 15 is 0 Å². The Morgan fingerprint density at radius 3 is 1.86 bits per heavy atom. The zero-order valence-electron chi connectivity index (χ0n) is 27.8. The quantitative estimate of drug-likeness (QED) is 0.103. The summed E-state index contributed by atoms with van der Waals surface area (Å²) < 4.78 is 8.53. The molecule has 0 aliphatic rings. The zero-order chi connectivity index (χ0) is 33.6. The number of rotatable bonds is 6. The van der Waals surface area contributed by atoms with E-state index in [9.17, 15) is 0 Å². The Hall–Kier alpha value is -6.46. The highest BCUT2D eigenvalue weighted by Crippen LogP contribution is 2.45. The molecule has 0 saturated carbocycles. The molecule has 0 amide bonds. The van der Waals surface area contributed by atoms with Crippen molar-refractivity contribution in [3.05, 3.63) is 152 Å². The fraction of sp³-hybridized carbons (Fsp3) is 0.0667. The summed E-state index contributed by atoms with van der Waals surface area (Å²) in [6.45, 7) is 3.01. The molecule has 2 aromatic heterocycles. The van der Waals surface area contributed by atoms with Crippen LogP contribution in [0, 0.1) is 0 Å². The molecule has 9 aromatic rings. The monoisotopic (exact) mass is 645 g/mol. The average molecular weight is 646 g/mol. The first-order valence-corrected chi connectivity index (χ1v) is 17.0. The maximum atomic E-state index is 6.27. The predicted molar refractivity (Wildman–Crippen MR) is 204 cm³/mol. The smallest absolute Gasteiger partial charge is 0.255 e.